The number of rotatable bonds is 8. The zero-order valence-corrected chi connectivity index (χ0v) is 18.4. The number of halogens is 1. The zero-order valence-electron chi connectivity index (χ0n) is 15.2. The van der Waals surface area contributed by atoms with Crippen molar-refractivity contribution in [2.45, 2.75) is 52.6 Å². The van der Waals surface area contributed by atoms with E-state index in [4.69, 9.17) is 4.74 Å². The average molecular weight is 467 g/mol. The molecule has 0 aliphatic carbocycles. The van der Waals surface area contributed by atoms with Crippen molar-refractivity contribution in [3.63, 3.8) is 0 Å². The summed E-state index contributed by atoms with van der Waals surface area (Å²) < 4.78 is 5.12. The van der Waals surface area contributed by atoms with Gasteiger partial charge in [-0.25, -0.2) is 0 Å². The number of aliphatic imine (C=N–C) groups is 1. The molecule has 0 bridgehead atoms. The topological polar surface area (TPSA) is 62.7 Å². The van der Waals surface area contributed by atoms with Crippen LogP contribution >= 0.6 is 35.3 Å². The van der Waals surface area contributed by atoms with Crippen molar-refractivity contribution in [2.75, 3.05) is 19.6 Å². The molecular weight excluding hydrogens is 437 g/mol. The molecule has 1 aromatic rings. The first kappa shape index (κ1) is 23.2. The number of thiophene rings is 1. The van der Waals surface area contributed by atoms with Crippen LogP contribution in [-0.4, -0.2) is 37.7 Å². The van der Waals surface area contributed by atoms with Gasteiger partial charge in [0.1, 0.15) is 0 Å². The fourth-order valence-corrected chi connectivity index (χ4v) is 2.81. The molecule has 2 N–H and O–H groups in total. The Kier molecular flexibility index (Phi) is 11.3. The lowest BCUT2D eigenvalue weighted by atomic mass is 9.92. The van der Waals surface area contributed by atoms with E-state index in [1.54, 1.807) is 11.3 Å². The van der Waals surface area contributed by atoms with Crippen molar-refractivity contribution in [2.24, 2.45) is 4.99 Å². The van der Waals surface area contributed by atoms with Gasteiger partial charge in [-0.15, -0.1) is 35.3 Å². The van der Waals surface area contributed by atoms with E-state index in [9.17, 15) is 4.79 Å². The summed E-state index contributed by atoms with van der Waals surface area (Å²) >= 11 is 1.75. The van der Waals surface area contributed by atoms with E-state index >= 15 is 0 Å². The van der Waals surface area contributed by atoms with Crippen LogP contribution in [0.15, 0.2) is 22.5 Å². The lowest BCUT2D eigenvalue weighted by molar-refractivity contribution is -0.147. The maximum Gasteiger partial charge on any atom is 0.307 e. The summed E-state index contributed by atoms with van der Waals surface area (Å²) in [5, 5.41) is 8.48. The minimum absolute atomic E-state index is 0. The number of carbonyl (C=O) groups is 1. The van der Waals surface area contributed by atoms with E-state index in [0.29, 0.717) is 19.5 Å². The van der Waals surface area contributed by atoms with Crippen LogP contribution in [0, 0.1) is 0 Å². The second-order valence-electron chi connectivity index (χ2n) is 6.27. The number of carbonyl (C=O) groups excluding carboxylic acids is 1. The van der Waals surface area contributed by atoms with Crippen LogP contribution in [0.3, 0.4) is 0 Å². The average Bonchev–Trinajstić information content (AvgIpc) is 2.99. The van der Waals surface area contributed by atoms with Gasteiger partial charge in [0.2, 0.25) is 0 Å². The summed E-state index contributed by atoms with van der Waals surface area (Å²) in [5.74, 6) is 0.539. The first-order valence-corrected chi connectivity index (χ1v) is 8.98. The van der Waals surface area contributed by atoms with E-state index in [1.165, 1.54) is 4.88 Å². The number of ether oxygens (including phenoxy) is 1. The largest absolute Gasteiger partial charge is 0.463 e. The highest BCUT2D eigenvalue weighted by molar-refractivity contribution is 14.0. The van der Waals surface area contributed by atoms with Crippen LogP contribution in [0.2, 0.25) is 0 Å². The molecular formula is C17H30IN3O2S. The minimum Gasteiger partial charge on any atom is -0.463 e. The summed E-state index contributed by atoms with van der Waals surface area (Å²) in [5.41, 5.74) is -0.00685. The number of hydrogen-bond donors (Lipinski definition) is 2. The number of guanidine groups is 1. The Bertz CT molecular complexity index is 502. The first-order chi connectivity index (χ1) is 10.8. The lowest BCUT2D eigenvalue weighted by Crippen LogP contribution is -2.39. The van der Waals surface area contributed by atoms with Crippen molar-refractivity contribution < 1.29 is 9.53 Å². The summed E-state index contributed by atoms with van der Waals surface area (Å²) in [4.78, 5) is 17.5. The standard InChI is InChI=1S/C17H29N3O2S.HI/c1-6-18-16(19-10-9-15(21)22-13(2)3)20-12-17(4,5)14-8-7-11-23-14;/h7-8,11,13H,6,9-10,12H2,1-5H3,(H2,18,19,20);1H. The Hall–Kier alpha value is -0.830. The molecule has 24 heavy (non-hydrogen) atoms. The van der Waals surface area contributed by atoms with Crippen LogP contribution in [0.25, 0.3) is 0 Å². The highest BCUT2D eigenvalue weighted by Crippen LogP contribution is 2.27. The maximum absolute atomic E-state index is 11.5. The lowest BCUT2D eigenvalue weighted by Gasteiger charge is -2.21. The molecule has 1 aromatic heterocycles. The van der Waals surface area contributed by atoms with Gasteiger partial charge < -0.3 is 15.4 Å². The van der Waals surface area contributed by atoms with Crippen molar-refractivity contribution in [3.8, 4) is 0 Å². The second kappa shape index (κ2) is 11.7. The molecule has 0 amide bonds. The minimum atomic E-state index is -0.192. The first-order valence-electron chi connectivity index (χ1n) is 8.10. The maximum atomic E-state index is 11.5. The normalized spacial score (nSPS) is 11.8. The summed E-state index contributed by atoms with van der Waals surface area (Å²) in [6, 6.07) is 4.21. The molecule has 0 aromatic carbocycles. The van der Waals surface area contributed by atoms with E-state index in [1.807, 2.05) is 20.8 Å². The van der Waals surface area contributed by atoms with Gasteiger partial charge in [0.05, 0.1) is 19.1 Å². The van der Waals surface area contributed by atoms with Crippen LogP contribution in [0.4, 0.5) is 0 Å². The Balaban J connectivity index is 0.00000529. The Morgan fingerprint density at radius 2 is 2.08 bits per heavy atom. The highest BCUT2D eigenvalue weighted by Gasteiger charge is 2.21. The van der Waals surface area contributed by atoms with Crippen molar-refractivity contribution in [1.29, 1.82) is 0 Å². The number of hydrogen-bond acceptors (Lipinski definition) is 4. The van der Waals surface area contributed by atoms with Crippen LogP contribution in [0.5, 0.6) is 0 Å². The molecule has 0 fully saturated rings. The predicted octanol–water partition coefficient (Wildman–Crippen LogP) is 3.54. The van der Waals surface area contributed by atoms with Crippen LogP contribution < -0.4 is 10.6 Å². The summed E-state index contributed by atoms with van der Waals surface area (Å²) in [6.45, 7) is 12.1. The van der Waals surface area contributed by atoms with E-state index in [2.05, 4.69) is 47.0 Å². The quantitative estimate of drug-likeness (QED) is 0.266. The van der Waals surface area contributed by atoms with Gasteiger partial charge in [-0.1, -0.05) is 19.9 Å². The summed E-state index contributed by atoms with van der Waals surface area (Å²) in [6.07, 6.45) is 0.257. The zero-order chi connectivity index (χ0) is 17.3. The molecule has 0 unspecified atom stereocenters. The molecule has 0 radical (unpaired) electrons. The number of esters is 1. The molecule has 0 aliphatic rings. The fourth-order valence-electron chi connectivity index (χ4n) is 1.96. The Labute approximate surface area is 166 Å². The fraction of sp³-hybridized carbons (Fsp3) is 0.647. The molecule has 5 nitrogen and oxygen atoms in total. The SMILES string of the molecule is CCNC(=NCC(C)(C)c1cccs1)NCCC(=O)OC(C)C.I. The van der Waals surface area contributed by atoms with Gasteiger partial charge in [-0.2, -0.15) is 0 Å². The number of nitrogens with one attached hydrogen (secondary N) is 2. The third kappa shape index (κ3) is 8.86. The molecule has 1 rings (SSSR count). The molecule has 138 valence electrons. The molecule has 0 saturated heterocycles. The van der Waals surface area contributed by atoms with Crippen LogP contribution in [-0.2, 0) is 14.9 Å². The van der Waals surface area contributed by atoms with Gasteiger partial charge in [0.25, 0.3) is 0 Å². The smallest absolute Gasteiger partial charge is 0.307 e. The molecule has 1 heterocycles. The second-order valence-corrected chi connectivity index (χ2v) is 7.22. The molecule has 0 saturated carbocycles. The molecule has 7 heteroatoms. The Morgan fingerprint density at radius 1 is 1.38 bits per heavy atom. The monoisotopic (exact) mass is 467 g/mol. The molecule has 0 aliphatic heterocycles. The van der Waals surface area contributed by atoms with Gasteiger partial charge in [0.15, 0.2) is 5.96 Å². The molecule has 0 atom stereocenters. The Morgan fingerprint density at radius 3 is 2.62 bits per heavy atom. The van der Waals surface area contributed by atoms with Crippen LogP contribution in [0.1, 0.15) is 45.9 Å². The van der Waals surface area contributed by atoms with E-state index in [0.717, 1.165) is 12.5 Å². The third-order valence-corrected chi connectivity index (χ3v) is 4.39. The van der Waals surface area contributed by atoms with E-state index in [-0.39, 0.29) is 41.5 Å². The van der Waals surface area contributed by atoms with Crippen molar-refractivity contribution >= 4 is 47.2 Å². The van der Waals surface area contributed by atoms with Gasteiger partial charge >= 0.3 is 5.97 Å². The van der Waals surface area contributed by atoms with Gasteiger partial charge in [-0.3, -0.25) is 9.79 Å². The summed E-state index contributed by atoms with van der Waals surface area (Å²) in [7, 11) is 0. The van der Waals surface area contributed by atoms with Crippen molar-refractivity contribution in [1.82, 2.24) is 10.6 Å². The van der Waals surface area contributed by atoms with E-state index < -0.39 is 0 Å². The van der Waals surface area contributed by atoms with Gasteiger partial charge in [-0.05, 0) is 32.2 Å². The predicted molar refractivity (Wildman–Crippen MR) is 113 cm³/mol. The number of nitrogens with zero attached hydrogens (tertiary/aromatic N) is 1. The van der Waals surface area contributed by atoms with Crippen molar-refractivity contribution in [3.05, 3.63) is 22.4 Å². The van der Waals surface area contributed by atoms with Gasteiger partial charge in [0, 0.05) is 23.4 Å². The highest BCUT2D eigenvalue weighted by atomic mass is 127. The third-order valence-electron chi connectivity index (χ3n) is 3.15. The molecule has 0 spiro atoms.